The number of rotatable bonds is 5. The molecule has 2 N–H and O–H groups in total. The molecule has 1 aliphatic rings. The van der Waals surface area contributed by atoms with E-state index in [1.165, 1.54) is 7.11 Å². The average Bonchev–Trinajstić information content (AvgIpc) is 2.62. The lowest BCUT2D eigenvalue weighted by Gasteiger charge is -2.29. The van der Waals surface area contributed by atoms with E-state index in [-0.39, 0.29) is 46.3 Å². The number of aromatic hydroxyl groups is 2. The summed E-state index contributed by atoms with van der Waals surface area (Å²) in [5, 5.41) is 21.2. The fourth-order valence-corrected chi connectivity index (χ4v) is 3.02. The Morgan fingerprint density at radius 3 is 2.50 bits per heavy atom. The van der Waals surface area contributed by atoms with E-state index in [4.69, 9.17) is 9.47 Å². The van der Waals surface area contributed by atoms with E-state index in [2.05, 4.69) is 0 Å². The Hall–Kier alpha value is -2.95. The summed E-state index contributed by atoms with van der Waals surface area (Å²) in [7, 11) is 1.35. The molecule has 5 nitrogen and oxygen atoms in total. The maximum Gasteiger partial charge on any atom is 0.202 e. The number of carbonyl (C=O) groups is 1. The van der Waals surface area contributed by atoms with Gasteiger partial charge in [0, 0.05) is 6.42 Å². The molecule has 0 bridgehead atoms. The molecule has 0 fully saturated rings. The van der Waals surface area contributed by atoms with Crippen LogP contribution in [0.25, 0.3) is 6.08 Å². The predicted octanol–water partition coefficient (Wildman–Crippen LogP) is 4.11. The number of fused-ring (bicyclic) bond motifs is 1. The van der Waals surface area contributed by atoms with Crippen molar-refractivity contribution in [2.75, 3.05) is 7.11 Å². The first-order valence-corrected chi connectivity index (χ1v) is 8.45. The number of hydrogen-bond donors (Lipinski definition) is 2. The van der Waals surface area contributed by atoms with Gasteiger partial charge in [-0.1, -0.05) is 30.3 Å². The van der Waals surface area contributed by atoms with Gasteiger partial charge in [-0.05, 0) is 38.0 Å². The monoisotopic (exact) mass is 354 g/mol. The number of ketones is 1. The number of phenols is 2. The topological polar surface area (TPSA) is 76.0 Å². The molecule has 0 aliphatic carbocycles. The third-order valence-electron chi connectivity index (χ3n) is 4.38. The van der Waals surface area contributed by atoms with Gasteiger partial charge in [0.1, 0.15) is 16.9 Å². The van der Waals surface area contributed by atoms with Gasteiger partial charge in [0.25, 0.3) is 0 Å². The molecule has 3 rings (SSSR count). The van der Waals surface area contributed by atoms with Crippen LogP contribution in [0.15, 0.2) is 36.4 Å². The van der Waals surface area contributed by atoms with Crippen molar-refractivity contribution in [1.29, 1.82) is 0 Å². The molecule has 2 aromatic rings. The van der Waals surface area contributed by atoms with E-state index in [0.717, 1.165) is 5.56 Å². The van der Waals surface area contributed by atoms with Crippen LogP contribution in [0.2, 0.25) is 0 Å². The van der Waals surface area contributed by atoms with E-state index in [1.807, 2.05) is 44.2 Å². The Morgan fingerprint density at radius 2 is 1.85 bits per heavy atom. The summed E-state index contributed by atoms with van der Waals surface area (Å²) in [5.74, 6) is -0.767. The highest BCUT2D eigenvalue weighted by Crippen LogP contribution is 2.51. The summed E-state index contributed by atoms with van der Waals surface area (Å²) < 4.78 is 11.0. The first kappa shape index (κ1) is 17.9. The molecule has 26 heavy (non-hydrogen) atoms. The van der Waals surface area contributed by atoms with Crippen molar-refractivity contribution >= 4 is 11.9 Å². The highest BCUT2D eigenvalue weighted by Gasteiger charge is 2.33. The summed E-state index contributed by atoms with van der Waals surface area (Å²) in [6.45, 7) is 3.66. The Labute approximate surface area is 152 Å². The largest absolute Gasteiger partial charge is 0.506 e. The van der Waals surface area contributed by atoms with E-state index in [0.29, 0.717) is 6.42 Å². The van der Waals surface area contributed by atoms with E-state index < -0.39 is 5.60 Å². The van der Waals surface area contributed by atoms with Crippen LogP contribution in [0.3, 0.4) is 0 Å². The van der Waals surface area contributed by atoms with Crippen LogP contribution in [0, 0.1) is 0 Å². The fraction of sp³-hybridized carbons (Fsp3) is 0.286. The number of phenolic OH excluding ortho intramolecular Hbond substituents is 2. The highest BCUT2D eigenvalue weighted by atomic mass is 16.5. The minimum atomic E-state index is -0.638. The van der Waals surface area contributed by atoms with Crippen LogP contribution < -0.4 is 9.47 Å². The number of hydrogen-bond acceptors (Lipinski definition) is 5. The minimum absolute atomic E-state index is 0.0207. The second-order valence-electron chi connectivity index (χ2n) is 6.80. The van der Waals surface area contributed by atoms with E-state index in [1.54, 1.807) is 12.2 Å². The lowest BCUT2D eigenvalue weighted by atomic mass is 9.94. The summed E-state index contributed by atoms with van der Waals surface area (Å²) >= 11 is 0. The minimum Gasteiger partial charge on any atom is -0.506 e. The number of aryl methyl sites for hydroxylation is 1. The Balaban J connectivity index is 1.99. The zero-order valence-corrected chi connectivity index (χ0v) is 15.1. The predicted molar refractivity (Wildman–Crippen MR) is 99.2 cm³/mol. The quantitative estimate of drug-likeness (QED) is 0.624. The van der Waals surface area contributed by atoms with Gasteiger partial charge in [0.05, 0.1) is 12.7 Å². The Bertz CT molecular complexity index is 866. The maximum absolute atomic E-state index is 12.8. The molecule has 5 heteroatoms. The van der Waals surface area contributed by atoms with Crippen LogP contribution in [-0.2, 0) is 6.42 Å². The Morgan fingerprint density at radius 1 is 1.15 bits per heavy atom. The smallest absolute Gasteiger partial charge is 0.202 e. The van der Waals surface area contributed by atoms with Crippen molar-refractivity contribution < 1.29 is 24.5 Å². The normalized spacial score (nSPS) is 14.4. The summed E-state index contributed by atoms with van der Waals surface area (Å²) in [6, 6.07) is 9.61. The van der Waals surface area contributed by atoms with Gasteiger partial charge < -0.3 is 19.7 Å². The summed E-state index contributed by atoms with van der Waals surface area (Å²) in [5.41, 5.74) is 0.644. The highest BCUT2D eigenvalue weighted by molar-refractivity contribution is 6.04. The molecule has 0 unspecified atom stereocenters. The molecule has 0 atom stereocenters. The molecule has 0 spiro atoms. The molecule has 2 aromatic carbocycles. The van der Waals surface area contributed by atoms with Gasteiger partial charge in [0.2, 0.25) is 5.75 Å². The number of Topliss-reactive ketones (excluding diaryl/α,β-unsaturated/α-hetero) is 1. The van der Waals surface area contributed by atoms with Crippen LogP contribution >= 0.6 is 0 Å². The number of methoxy groups -OCH3 is 1. The third-order valence-corrected chi connectivity index (χ3v) is 4.38. The zero-order valence-electron chi connectivity index (χ0n) is 15.1. The first-order valence-electron chi connectivity index (χ1n) is 8.45. The SMILES string of the molecule is COc1c(O)c2c(c(O)c1C(=O)CCc1ccccc1)C=CC(C)(C)O2. The van der Waals surface area contributed by atoms with Crippen LogP contribution in [0.1, 0.15) is 41.8 Å². The van der Waals surface area contributed by atoms with Crippen molar-refractivity contribution in [2.45, 2.75) is 32.3 Å². The molecular formula is C21H22O5. The van der Waals surface area contributed by atoms with Crippen molar-refractivity contribution in [1.82, 2.24) is 0 Å². The zero-order chi connectivity index (χ0) is 18.9. The molecular weight excluding hydrogens is 332 g/mol. The van der Waals surface area contributed by atoms with Gasteiger partial charge in [-0.25, -0.2) is 0 Å². The molecule has 0 saturated carbocycles. The van der Waals surface area contributed by atoms with Gasteiger partial charge in [0.15, 0.2) is 17.3 Å². The van der Waals surface area contributed by atoms with Crippen molar-refractivity contribution in [2.24, 2.45) is 0 Å². The first-order chi connectivity index (χ1) is 12.3. The summed E-state index contributed by atoms with van der Waals surface area (Å²) in [4.78, 5) is 12.8. The van der Waals surface area contributed by atoms with Gasteiger partial charge in [-0.2, -0.15) is 0 Å². The molecule has 0 saturated heterocycles. The molecule has 0 aromatic heterocycles. The van der Waals surface area contributed by atoms with E-state index >= 15 is 0 Å². The maximum atomic E-state index is 12.8. The number of benzene rings is 2. The number of ether oxygens (including phenoxy) is 2. The van der Waals surface area contributed by atoms with Crippen molar-refractivity contribution in [3.8, 4) is 23.0 Å². The molecule has 0 amide bonds. The Kier molecular flexibility index (Phi) is 4.64. The average molecular weight is 354 g/mol. The fourth-order valence-electron chi connectivity index (χ4n) is 3.02. The van der Waals surface area contributed by atoms with Crippen LogP contribution in [0.4, 0.5) is 0 Å². The lowest BCUT2D eigenvalue weighted by molar-refractivity contribution is 0.0975. The molecule has 136 valence electrons. The molecule has 1 heterocycles. The van der Waals surface area contributed by atoms with E-state index in [9.17, 15) is 15.0 Å². The third kappa shape index (κ3) is 3.25. The van der Waals surface area contributed by atoms with Gasteiger partial charge >= 0.3 is 0 Å². The lowest BCUT2D eigenvalue weighted by Crippen LogP contribution is -2.27. The van der Waals surface area contributed by atoms with Crippen LogP contribution in [-0.4, -0.2) is 28.7 Å². The second-order valence-corrected chi connectivity index (χ2v) is 6.80. The van der Waals surface area contributed by atoms with Crippen molar-refractivity contribution in [3.05, 3.63) is 53.1 Å². The van der Waals surface area contributed by atoms with Crippen molar-refractivity contribution in [3.63, 3.8) is 0 Å². The standard InChI is InChI=1S/C21H22O5/c1-21(2)12-11-14-17(23)16(20(25-3)18(24)19(14)26-21)15(22)10-9-13-7-5-4-6-8-13/h4-8,11-12,23-24H,9-10H2,1-3H3. The molecule has 0 radical (unpaired) electrons. The van der Waals surface area contributed by atoms with Gasteiger partial charge in [-0.15, -0.1) is 0 Å². The van der Waals surface area contributed by atoms with Gasteiger partial charge in [-0.3, -0.25) is 4.79 Å². The van der Waals surface area contributed by atoms with Crippen LogP contribution in [0.5, 0.6) is 23.0 Å². The number of carbonyl (C=O) groups excluding carboxylic acids is 1. The molecule has 1 aliphatic heterocycles. The summed E-state index contributed by atoms with van der Waals surface area (Å²) in [6.07, 6.45) is 4.13. The second kappa shape index (κ2) is 6.75.